The maximum atomic E-state index is 12.8. The van der Waals surface area contributed by atoms with Crippen molar-refractivity contribution in [3.05, 3.63) is 30.1 Å². The maximum Gasteiger partial charge on any atom is 0.123 e. The van der Waals surface area contributed by atoms with E-state index in [-0.39, 0.29) is 19.0 Å². The van der Waals surface area contributed by atoms with Crippen LogP contribution in [0.2, 0.25) is 0 Å². The van der Waals surface area contributed by atoms with Crippen molar-refractivity contribution in [1.29, 1.82) is 0 Å². The lowest BCUT2D eigenvalue weighted by molar-refractivity contribution is 0.0351. The molecule has 114 valence electrons. The molecule has 0 saturated carbocycles. The van der Waals surface area contributed by atoms with E-state index in [9.17, 15) is 8.78 Å². The summed E-state index contributed by atoms with van der Waals surface area (Å²) in [5.74, 6) is -0.314. The van der Waals surface area contributed by atoms with E-state index in [1.807, 2.05) is 0 Å². The zero-order valence-electron chi connectivity index (χ0n) is 11.4. The average molecular weight is 289 g/mol. The van der Waals surface area contributed by atoms with Gasteiger partial charge in [0.2, 0.25) is 0 Å². The largest absolute Gasteiger partial charge is 0.394 e. The van der Waals surface area contributed by atoms with Crippen LogP contribution >= 0.6 is 0 Å². The molecule has 0 spiro atoms. The van der Waals surface area contributed by atoms with E-state index < -0.39 is 6.67 Å². The van der Waals surface area contributed by atoms with E-state index in [0.29, 0.717) is 33.0 Å². The molecule has 1 N–H and O–H groups in total. The molecule has 0 bridgehead atoms. The summed E-state index contributed by atoms with van der Waals surface area (Å²) in [5.41, 5.74) is 0.768. The number of aliphatic hydroxyl groups excluding tert-OH is 1. The van der Waals surface area contributed by atoms with Crippen LogP contribution in [0.15, 0.2) is 24.3 Å². The summed E-state index contributed by atoms with van der Waals surface area (Å²) in [5, 5.41) is 8.51. The number of anilines is 1. The molecule has 0 unspecified atom stereocenters. The lowest BCUT2D eigenvalue weighted by atomic mass is 10.3. The van der Waals surface area contributed by atoms with E-state index >= 15 is 0 Å². The van der Waals surface area contributed by atoms with Gasteiger partial charge in [0.15, 0.2) is 0 Å². The van der Waals surface area contributed by atoms with Gasteiger partial charge in [-0.3, -0.25) is 0 Å². The molecule has 0 aliphatic carbocycles. The summed E-state index contributed by atoms with van der Waals surface area (Å²) in [6.07, 6.45) is 0. The lowest BCUT2D eigenvalue weighted by Gasteiger charge is -2.23. The Morgan fingerprint density at radius 2 is 1.60 bits per heavy atom. The second-order valence-corrected chi connectivity index (χ2v) is 4.10. The molecule has 1 aromatic rings. The van der Waals surface area contributed by atoms with Crippen molar-refractivity contribution >= 4 is 5.69 Å². The Morgan fingerprint density at radius 3 is 2.20 bits per heavy atom. The number of alkyl halides is 1. The smallest absolute Gasteiger partial charge is 0.123 e. The Bertz CT molecular complexity index is 349. The Morgan fingerprint density at radius 1 is 0.950 bits per heavy atom. The standard InChI is InChI=1S/C14H21F2NO3/c15-5-6-17(14-3-1-13(16)2-4-14)7-9-19-11-12-20-10-8-18/h1-4,18H,5-12H2. The van der Waals surface area contributed by atoms with Gasteiger partial charge in [-0.15, -0.1) is 0 Å². The Hall–Kier alpha value is -1.24. The van der Waals surface area contributed by atoms with Crippen LogP contribution < -0.4 is 4.90 Å². The summed E-state index contributed by atoms with van der Waals surface area (Å²) in [4.78, 5) is 1.80. The summed E-state index contributed by atoms with van der Waals surface area (Å²) in [6, 6.07) is 5.94. The number of ether oxygens (including phenoxy) is 2. The third-order valence-electron chi connectivity index (χ3n) is 2.66. The molecule has 0 radical (unpaired) electrons. The van der Waals surface area contributed by atoms with E-state index in [0.717, 1.165) is 5.69 Å². The first-order valence-corrected chi connectivity index (χ1v) is 6.60. The van der Waals surface area contributed by atoms with E-state index in [1.165, 1.54) is 12.1 Å². The van der Waals surface area contributed by atoms with Crippen LogP contribution in [-0.2, 0) is 9.47 Å². The maximum absolute atomic E-state index is 12.8. The molecule has 0 saturated heterocycles. The fraction of sp³-hybridized carbons (Fsp3) is 0.571. The van der Waals surface area contributed by atoms with E-state index in [1.54, 1.807) is 17.0 Å². The van der Waals surface area contributed by atoms with Crippen molar-refractivity contribution in [3.8, 4) is 0 Å². The number of benzene rings is 1. The van der Waals surface area contributed by atoms with Gasteiger partial charge in [-0.1, -0.05) is 0 Å². The molecule has 6 heteroatoms. The first-order valence-electron chi connectivity index (χ1n) is 6.60. The third-order valence-corrected chi connectivity index (χ3v) is 2.66. The number of hydrogen-bond donors (Lipinski definition) is 1. The number of hydrogen-bond acceptors (Lipinski definition) is 4. The van der Waals surface area contributed by atoms with Gasteiger partial charge in [0.05, 0.1) is 33.0 Å². The molecule has 1 rings (SSSR count). The Kier molecular flexibility index (Phi) is 8.86. The summed E-state index contributed by atoms with van der Waals surface area (Å²) >= 11 is 0. The number of rotatable bonds is 11. The van der Waals surface area contributed by atoms with Gasteiger partial charge in [0, 0.05) is 18.8 Å². The topological polar surface area (TPSA) is 41.9 Å². The van der Waals surface area contributed by atoms with Gasteiger partial charge < -0.3 is 19.5 Å². The fourth-order valence-corrected chi connectivity index (χ4v) is 1.69. The molecule has 20 heavy (non-hydrogen) atoms. The minimum Gasteiger partial charge on any atom is -0.394 e. The molecule has 0 amide bonds. The van der Waals surface area contributed by atoms with Crippen LogP contribution in [0, 0.1) is 5.82 Å². The van der Waals surface area contributed by atoms with Crippen molar-refractivity contribution in [2.75, 3.05) is 57.7 Å². The van der Waals surface area contributed by atoms with Crippen LogP contribution in [0.3, 0.4) is 0 Å². The predicted molar refractivity (Wildman–Crippen MR) is 73.3 cm³/mol. The van der Waals surface area contributed by atoms with Gasteiger partial charge in [-0.2, -0.15) is 0 Å². The van der Waals surface area contributed by atoms with Crippen molar-refractivity contribution in [2.24, 2.45) is 0 Å². The van der Waals surface area contributed by atoms with E-state index in [2.05, 4.69) is 0 Å². The monoisotopic (exact) mass is 289 g/mol. The van der Waals surface area contributed by atoms with Crippen LogP contribution in [0.25, 0.3) is 0 Å². The van der Waals surface area contributed by atoms with Crippen molar-refractivity contribution in [2.45, 2.75) is 0 Å². The number of aliphatic hydroxyl groups is 1. The summed E-state index contributed by atoms with van der Waals surface area (Å²) < 4.78 is 35.8. The van der Waals surface area contributed by atoms with Gasteiger partial charge in [-0.05, 0) is 24.3 Å². The van der Waals surface area contributed by atoms with Crippen LogP contribution in [-0.4, -0.2) is 57.9 Å². The quantitative estimate of drug-likeness (QED) is 0.629. The Labute approximate surface area is 117 Å². The molecular formula is C14H21F2NO3. The zero-order chi connectivity index (χ0) is 14.6. The molecule has 0 atom stereocenters. The molecule has 1 aromatic carbocycles. The molecule has 0 aliphatic rings. The second-order valence-electron chi connectivity index (χ2n) is 4.10. The van der Waals surface area contributed by atoms with E-state index in [4.69, 9.17) is 14.6 Å². The highest BCUT2D eigenvalue weighted by molar-refractivity contribution is 5.46. The highest BCUT2D eigenvalue weighted by Crippen LogP contribution is 2.14. The van der Waals surface area contributed by atoms with Crippen LogP contribution in [0.5, 0.6) is 0 Å². The number of nitrogens with zero attached hydrogens (tertiary/aromatic N) is 1. The van der Waals surface area contributed by atoms with Crippen molar-refractivity contribution in [1.82, 2.24) is 0 Å². The molecule has 4 nitrogen and oxygen atoms in total. The highest BCUT2D eigenvalue weighted by atomic mass is 19.1. The van der Waals surface area contributed by atoms with Gasteiger partial charge in [0.25, 0.3) is 0 Å². The first-order chi connectivity index (χ1) is 9.77. The van der Waals surface area contributed by atoms with Gasteiger partial charge in [-0.25, -0.2) is 8.78 Å². The summed E-state index contributed by atoms with van der Waals surface area (Å²) in [7, 11) is 0. The minimum absolute atomic E-state index is 0.00511. The molecule has 0 aromatic heterocycles. The lowest BCUT2D eigenvalue weighted by Crippen LogP contribution is -2.30. The second kappa shape index (κ2) is 10.5. The minimum atomic E-state index is -0.475. The highest BCUT2D eigenvalue weighted by Gasteiger charge is 2.06. The van der Waals surface area contributed by atoms with Gasteiger partial charge in [0.1, 0.15) is 12.5 Å². The first kappa shape index (κ1) is 16.8. The average Bonchev–Trinajstić information content (AvgIpc) is 2.46. The normalized spacial score (nSPS) is 10.8. The van der Waals surface area contributed by atoms with Gasteiger partial charge >= 0.3 is 0 Å². The molecule has 0 fully saturated rings. The van der Waals surface area contributed by atoms with Crippen molar-refractivity contribution in [3.63, 3.8) is 0 Å². The summed E-state index contributed by atoms with van der Waals surface area (Å²) in [6.45, 7) is 1.86. The zero-order valence-corrected chi connectivity index (χ0v) is 11.4. The SMILES string of the molecule is OCCOCCOCCN(CCF)c1ccc(F)cc1. The predicted octanol–water partition coefficient (Wildman–Crippen LogP) is 1.63. The number of halogens is 2. The van der Waals surface area contributed by atoms with Crippen molar-refractivity contribution < 1.29 is 23.4 Å². The third kappa shape index (κ3) is 6.79. The van der Waals surface area contributed by atoms with Crippen LogP contribution in [0.1, 0.15) is 0 Å². The molecular weight excluding hydrogens is 268 g/mol. The Balaban J connectivity index is 2.27. The van der Waals surface area contributed by atoms with Crippen LogP contribution in [0.4, 0.5) is 14.5 Å². The molecule has 0 aliphatic heterocycles. The molecule has 0 heterocycles. The fourth-order valence-electron chi connectivity index (χ4n) is 1.69.